The van der Waals surface area contributed by atoms with Crippen molar-refractivity contribution in [2.24, 2.45) is 5.92 Å². The molecule has 1 heterocycles. The van der Waals surface area contributed by atoms with Crippen molar-refractivity contribution in [3.8, 4) is 6.07 Å². The van der Waals surface area contributed by atoms with Crippen LogP contribution >= 0.6 is 0 Å². The van der Waals surface area contributed by atoms with E-state index in [-0.39, 0.29) is 11.8 Å². The number of para-hydroxylation sites is 1. The molecule has 1 N–H and O–H groups in total. The number of hydrogen-bond donors (Lipinski definition) is 1. The van der Waals surface area contributed by atoms with E-state index in [1.54, 1.807) is 6.92 Å². The summed E-state index contributed by atoms with van der Waals surface area (Å²) in [6.45, 7) is 8.12. The summed E-state index contributed by atoms with van der Waals surface area (Å²) >= 11 is 0. The Kier molecular flexibility index (Phi) is 4.75. The normalized spacial score (nSPS) is 20.0. The molecule has 1 aromatic carbocycles. The molecule has 0 saturated carbocycles. The molecule has 0 unspecified atom stereocenters. The highest BCUT2D eigenvalue weighted by Gasteiger charge is 2.32. The van der Waals surface area contributed by atoms with Crippen LogP contribution in [0, 0.1) is 17.2 Å². The summed E-state index contributed by atoms with van der Waals surface area (Å²) in [6.07, 6.45) is 2.10. The first-order chi connectivity index (χ1) is 10.4. The third kappa shape index (κ3) is 3.24. The van der Waals surface area contributed by atoms with Gasteiger partial charge in [-0.2, -0.15) is 5.26 Å². The number of hydrogen-bond acceptors (Lipinski definition) is 3. The highest BCUT2D eigenvalue weighted by molar-refractivity contribution is 5.83. The summed E-state index contributed by atoms with van der Waals surface area (Å²) in [4.78, 5) is 14.6. The van der Waals surface area contributed by atoms with Gasteiger partial charge in [-0.1, -0.05) is 32.0 Å². The number of carbonyl (C=O) groups excluding carboxylic acids is 1. The highest BCUT2D eigenvalue weighted by Crippen LogP contribution is 2.30. The lowest BCUT2D eigenvalue weighted by atomic mass is 9.90. The fraction of sp³-hybridized carbons (Fsp3) is 0.556. The zero-order valence-corrected chi connectivity index (χ0v) is 13.9. The van der Waals surface area contributed by atoms with Crippen LogP contribution in [0.25, 0.3) is 0 Å². The van der Waals surface area contributed by atoms with Gasteiger partial charge in [-0.25, -0.2) is 0 Å². The molecule has 0 aromatic heterocycles. The van der Waals surface area contributed by atoms with E-state index in [2.05, 4.69) is 35.3 Å². The molecule has 118 valence electrons. The zero-order valence-electron chi connectivity index (χ0n) is 13.9. The molecule has 1 aliphatic heterocycles. The number of rotatable bonds is 4. The molecule has 1 amide bonds. The molecule has 0 bridgehead atoms. The molecular weight excluding hydrogens is 274 g/mol. The molecule has 4 heteroatoms. The van der Waals surface area contributed by atoms with Gasteiger partial charge in [0.1, 0.15) is 5.54 Å². The number of anilines is 1. The Bertz CT molecular complexity index is 590. The van der Waals surface area contributed by atoms with E-state index >= 15 is 0 Å². The van der Waals surface area contributed by atoms with Gasteiger partial charge in [0, 0.05) is 11.7 Å². The Morgan fingerprint density at radius 1 is 1.50 bits per heavy atom. The van der Waals surface area contributed by atoms with Gasteiger partial charge >= 0.3 is 0 Å². The van der Waals surface area contributed by atoms with Crippen LogP contribution in [0.3, 0.4) is 0 Å². The number of fused-ring (bicyclic) bond motifs is 1. The van der Waals surface area contributed by atoms with Crippen LogP contribution in [0.4, 0.5) is 5.69 Å². The fourth-order valence-electron chi connectivity index (χ4n) is 2.79. The van der Waals surface area contributed by atoms with Crippen molar-refractivity contribution in [1.82, 2.24) is 5.32 Å². The molecule has 1 aliphatic rings. The Balaban J connectivity index is 2.14. The predicted octanol–water partition coefficient (Wildman–Crippen LogP) is 2.88. The Morgan fingerprint density at radius 3 is 2.82 bits per heavy atom. The van der Waals surface area contributed by atoms with Gasteiger partial charge in [-0.05, 0) is 44.2 Å². The molecule has 0 spiro atoms. The Morgan fingerprint density at radius 2 is 2.18 bits per heavy atom. The average molecular weight is 299 g/mol. The molecule has 0 radical (unpaired) electrons. The van der Waals surface area contributed by atoms with Crippen LogP contribution in [-0.2, 0) is 11.2 Å². The molecule has 0 fully saturated rings. The fourth-order valence-corrected chi connectivity index (χ4v) is 2.79. The van der Waals surface area contributed by atoms with E-state index in [1.165, 1.54) is 5.56 Å². The molecule has 22 heavy (non-hydrogen) atoms. The first kappa shape index (κ1) is 16.4. The summed E-state index contributed by atoms with van der Waals surface area (Å²) in [7, 11) is 0. The minimum Gasteiger partial charge on any atom is -0.359 e. The van der Waals surface area contributed by atoms with E-state index in [1.807, 2.05) is 26.0 Å². The second kappa shape index (κ2) is 6.39. The molecule has 1 aromatic rings. The summed E-state index contributed by atoms with van der Waals surface area (Å²) < 4.78 is 0. The van der Waals surface area contributed by atoms with Gasteiger partial charge in [0.05, 0.1) is 12.6 Å². The standard InChI is InChI=1S/C18H25N3O/c1-13(2)18(4,12-19)20-17(22)11-21-14(3)9-10-15-7-5-6-8-16(15)21/h5-8,13-14H,9-11H2,1-4H3,(H,20,22)/t14-,18-/m0/s1. The van der Waals surface area contributed by atoms with Gasteiger partial charge in [0.2, 0.25) is 5.91 Å². The predicted molar refractivity (Wildman–Crippen MR) is 88.6 cm³/mol. The van der Waals surface area contributed by atoms with E-state index in [0.717, 1.165) is 18.5 Å². The number of amides is 1. The maximum absolute atomic E-state index is 12.4. The van der Waals surface area contributed by atoms with E-state index in [9.17, 15) is 10.1 Å². The van der Waals surface area contributed by atoms with Crippen molar-refractivity contribution in [3.05, 3.63) is 29.8 Å². The van der Waals surface area contributed by atoms with E-state index in [4.69, 9.17) is 0 Å². The summed E-state index contributed by atoms with van der Waals surface area (Å²) in [5.41, 5.74) is 1.61. The minimum atomic E-state index is -0.824. The number of benzene rings is 1. The van der Waals surface area contributed by atoms with Crippen molar-refractivity contribution in [3.63, 3.8) is 0 Å². The molecular formula is C18H25N3O. The number of aryl methyl sites for hydroxylation is 1. The van der Waals surface area contributed by atoms with Crippen molar-refractivity contribution >= 4 is 11.6 Å². The SMILES string of the molecule is CC(C)[C@](C)(C#N)NC(=O)CN1c2ccccc2CC[C@@H]1C. The third-order valence-electron chi connectivity index (χ3n) is 4.76. The Hall–Kier alpha value is -2.02. The van der Waals surface area contributed by atoms with Gasteiger partial charge < -0.3 is 10.2 Å². The molecule has 2 atom stereocenters. The first-order valence-electron chi connectivity index (χ1n) is 7.94. The number of nitrogens with one attached hydrogen (secondary N) is 1. The summed E-state index contributed by atoms with van der Waals surface area (Å²) in [6, 6.07) is 10.8. The largest absolute Gasteiger partial charge is 0.359 e. The molecule has 0 aliphatic carbocycles. The van der Waals surface area contributed by atoms with Crippen LogP contribution < -0.4 is 10.2 Å². The Labute approximate surface area is 133 Å². The third-order valence-corrected chi connectivity index (χ3v) is 4.76. The lowest BCUT2D eigenvalue weighted by molar-refractivity contribution is -0.121. The van der Waals surface area contributed by atoms with E-state index in [0.29, 0.717) is 12.6 Å². The lowest BCUT2D eigenvalue weighted by Crippen LogP contribution is -2.53. The average Bonchev–Trinajstić information content (AvgIpc) is 2.49. The maximum atomic E-state index is 12.4. The van der Waals surface area contributed by atoms with Crippen molar-refractivity contribution in [1.29, 1.82) is 5.26 Å². The monoisotopic (exact) mass is 299 g/mol. The second-order valence-electron chi connectivity index (χ2n) is 6.66. The van der Waals surface area contributed by atoms with Gasteiger partial charge in [0.15, 0.2) is 0 Å². The van der Waals surface area contributed by atoms with Crippen molar-refractivity contribution in [2.45, 2.75) is 52.1 Å². The van der Waals surface area contributed by atoms with Crippen LogP contribution in [-0.4, -0.2) is 24.0 Å². The number of nitrogens with zero attached hydrogens (tertiary/aromatic N) is 2. The molecule has 4 nitrogen and oxygen atoms in total. The summed E-state index contributed by atoms with van der Waals surface area (Å²) in [5, 5.41) is 12.2. The lowest BCUT2D eigenvalue weighted by Gasteiger charge is -2.37. The quantitative estimate of drug-likeness (QED) is 0.930. The van der Waals surface area contributed by atoms with E-state index < -0.39 is 5.54 Å². The number of carbonyl (C=O) groups is 1. The first-order valence-corrected chi connectivity index (χ1v) is 7.94. The van der Waals surface area contributed by atoms with Crippen molar-refractivity contribution < 1.29 is 4.79 Å². The van der Waals surface area contributed by atoms with Gasteiger partial charge in [-0.3, -0.25) is 4.79 Å². The summed E-state index contributed by atoms with van der Waals surface area (Å²) in [5.74, 6) is -0.0335. The number of nitriles is 1. The highest BCUT2D eigenvalue weighted by atomic mass is 16.2. The van der Waals surface area contributed by atoms with Gasteiger partial charge in [0.25, 0.3) is 0 Å². The van der Waals surface area contributed by atoms with Crippen LogP contribution in [0.5, 0.6) is 0 Å². The second-order valence-corrected chi connectivity index (χ2v) is 6.66. The maximum Gasteiger partial charge on any atom is 0.240 e. The molecule has 0 saturated heterocycles. The van der Waals surface area contributed by atoms with Crippen molar-refractivity contribution in [2.75, 3.05) is 11.4 Å². The van der Waals surface area contributed by atoms with Crippen LogP contribution in [0.1, 0.15) is 39.7 Å². The zero-order chi connectivity index (χ0) is 16.3. The topological polar surface area (TPSA) is 56.1 Å². The van der Waals surface area contributed by atoms with Gasteiger partial charge in [-0.15, -0.1) is 0 Å². The van der Waals surface area contributed by atoms with Crippen LogP contribution in [0.15, 0.2) is 24.3 Å². The molecule has 2 rings (SSSR count). The smallest absolute Gasteiger partial charge is 0.240 e. The van der Waals surface area contributed by atoms with Crippen LogP contribution in [0.2, 0.25) is 0 Å². The minimum absolute atomic E-state index is 0.0625.